The largest absolute Gasteiger partial charge is 0.497 e. The maximum atomic E-state index is 5.73. The van der Waals surface area contributed by atoms with Crippen LogP contribution in [-0.2, 0) is 6.54 Å². The molecule has 5 nitrogen and oxygen atoms in total. The summed E-state index contributed by atoms with van der Waals surface area (Å²) in [6.45, 7) is 6.32. The van der Waals surface area contributed by atoms with Crippen molar-refractivity contribution < 1.29 is 18.9 Å². The third-order valence-corrected chi connectivity index (χ3v) is 4.60. The quantitative estimate of drug-likeness (QED) is 0.813. The van der Waals surface area contributed by atoms with E-state index >= 15 is 0 Å². The van der Waals surface area contributed by atoms with Crippen molar-refractivity contribution in [3.05, 3.63) is 47.5 Å². The van der Waals surface area contributed by atoms with Crippen LogP contribution in [0.1, 0.15) is 31.0 Å². The van der Waals surface area contributed by atoms with Gasteiger partial charge in [0.05, 0.1) is 14.2 Å². The molecule has 5 heteroatoms. The van der Waals surface area contributed by atoms with Gasteiger partial charge in [0.15, 0.2) is 11.5 Å². The van der Waals surface area contributed by atoms with E-state index in [0.717, 1.165) is 28.6 Å². The molecule has 1 heterocycles. The Hall–Kier alpha value is -2.40. The van der Waals surface area contributed by atoms with Gasteiger partial charge in [-0.2, -0.15) is 0 Å². The van der Waals surface area contributed by atoms with Crippen LogP contribution < -0.4 is 24.3 Å². The SMILES string of the molecule is COc1ccc(CNC(c2ccc3c(c2)OCCO3)C(C)C)c(OC)c1. The highest BCUT2D eigenvalue weighted by atomic mass is 16.6. The van der Waals surface area contributed by atoms with Gasteiger partial charge in [-0.15, -0.1) is 0 Å². The van der Waals surface area contributed by atoms with Crippen molar-refractivity contribution >= 4 is 0 Å². The Morgan fingerprint density at radius 1 is 0.962 bits per heavy atom. The number of benzene rings is 2. The molecule has 2 aromatic rings. The van der Waals surface area contributed by atoms with E-state index in [9.17, 15) is 0 Å². The van der Waals surface area contributed by atoms with Crippen molar-refractivity contribution in [2.75, 3.05) is 27.4 Å². The molecule has 0 aliphatic carbocycles. The summed E-state index contributed by atoms with van der Waals surface area (Å²) >= 11 is 0. The number of hydrogen-bond donors (Lipinski definition) is 1. The van der Waals surface area contributed by atoms with Crippen LogP contribution in [0.25, 0.3) is 0 Å². The van der Waals surface area contributed by atoms with Crippen LogP contribution in [0, 0.1) is 5.92 Å². The summed E-state index contributed by atoms with van der Waals surface area (Å²) in [6.07, 6.45) is 0. The summed E-state index contributed by atoms with van der Waals surface area (Å²) in [7, 11) is 3.34. The maximum absolute atomic E-state index is 5.73. The highest BCUT2D eigenvalue weighted by molar-refractivity contribution is 5.45. The minimum atomic E-state index is 0.192. The molecule has 0 saturated carbocycles. The molecule has 0 radical (unpaired) electrons. The van der Waals surface area contributed by atoms with Crippen molar-refractivity contribution in [1.29, 1.82) is 0 Å². The van der Waals surface area contributed by atoms with Gasteiger partial charge in [-0.3, -0.25) is 0 Å². The highest BCUT2D eigenvalue weighted by Crippen LogP contribution is 2.35. The number of nitrogens with one attached hydrogen (secondary N) is 1. The summed E-state index contributed by atoms with van der Waals surface area (Å²) in [6, 6.07) is 12.3. The Kier molecular flexibility index (Phi) is 5.89. The predicted octanol–water partition coefficient (Wildman–Crippen LogP) is 3.96. The summed E-state index contributed by atoms with van der Waals surface area (Å²) in [4.78, 5) is 0. The molecular formula is C21H27NO4. The van der Waals surface area contributed by atoms with E-state index < -0.39 is 0 Å². The van der Waals surface area contributed by atoms with Crippen molar-refractivity contribution in [3.63, 3.8) is 0 Å². The summed E-state index contributed by atoms with van der Waals surface area (Å²) < 4.78 is 22.1. The van der Waals surface area contributed by atoms with Gasteiger partial charge < -0.3 is 24.3 Å². The van der Waals surface area contributed by atoms with E-state index in [1.165, 1.54) is 5.56 Å². The second kappa shape index (κ2) is 8.32. The normalized spacial score (nSPS) is 14.2. The Morgan fingerprint density at radius 3 is 2.42 bits per heavy atom. The van der Waals surface area contributed by atoms with Gasteiger partial charge in [0.1, 0.15) is 24.7 Å². The molecule has 1 unspecified atom stereocenters. The summed E-state index contributed by atoms with van der Waals surface area (Å²) in [5, 5.41) is 3.65. The average Bonchev–Trinajstić information content (AvgIpc) is 2.67. The van der Waals surface area contributed by atoms with Crippen molar-refractivity contribution in [1.82, 2.24) is 5.32 Å². The van der Waals surface area contributed by atoms with Crippen LogP contribution in [0.5, 0.6) is 23.0 Å². The molecule has 1 aliphatic rings. The first-order chi connectivity index (χ1) is 12.6. The van der Waals surface area contributed by atoms with Gasteiger partial charge in [-0.05, 0) is 29.7 Å². The molecule has 26 heavy (non-hydrogen) atoms. The van der Waals surface area contributed by atoms with E-state index in [1.807, 2.05) is 24.3 Å². The monoisotopic (exact) mass is 357 g/mol. The average molecular weight is 357 g/mol. The molecule has 1 aliphatic heterocycles. The van der Waals surface area contributed by atoms with Crippen molar-refractivity contribution in [2.45, 2.75) is 26.4 Å². The zero-order chi connectivity index (χ0) is 18.5. The second-order valence-corrected chi connectivity index (χ2v) is 6.68. The smallest absolute Gasteiger partial charge is 0.161 e. The number of rotatable bonds is 7. The van der Waals surface area contributed by atoms with Crippen LogP contribution in [0.3, 0.4) is 0 Å². The number of methoxy groups -OCH3 is 2. The van der Waals surface area contributed by atoms with E-state index in [0.29, 0.717) is 25.7 Å². The van der Waals surface area contributed by atoms with Gasteiger partial charge in [0.2, 0.25) is 0 Å². The summed E-state index contributed by atoms with van der Waals surface area (Å²) in [5.74, 6) is 3.67. The molecule has 1 atom stereocenters. The summed E-state index contributed by atoms with van der Waals surface area (Å²) in [5.41, 5.74) is 2.29. The zero-order valence-corrected chi connectivity index (χ0v) is 15.9. The van der Waals surface area contributed by atoms with Gasteiger partial charge in [-0.1, -0.05) is 26.0 Å². The van der Waals surface area contributed by atoms with Gasteiger partial charge in [0, 0.05) is 24.2 Å². The third kappa shape index (κ3) is 4.05. The predicted molar refractivity (Wildman–Crippen MR) is 101 cm³/mol. The first-order valence-corrected chi connectivity index (χ1v) is 8.96. The first kappa shape index (κ1) is 18.4. The number of fused-ring (bicyclic) bond motifs is 1. The van der Waals surface area contributed by atoms with E-state index in [2.05, 4.69) is 31.3 Å². The lowest BCUT2D eigenvalue weighted by Gasteiger charge is -2.26. The maximum Gasteiger partial charge on any atom is 0.161 e. The van der Waals surface area contributed by atoms with E-state index in [-0.39, 0.29) is 6.04 Å². The Bertz CT molecular complexity index is 745. The molecule has 0 amide bonds. The van der Waals surface area contributed by atoms with Crippen LogP contribution in [0.2, 0.25) is 0 Å². The molecule has 0 aromatic heterocycles. The minimum absolute atomic E-state index is 0.192. The molecule has 0 bridgehead atoms. The fraction of sp³-hybridized carbons (Fsp3) is 0.429. The fourth-order valence-corrected chi connectivity index (χ4v) is 3.21. The number of hydrogen-bond acceptors (Lipinski definition) is 5. The second-order valence-electron chi connectivity index (χ2n) is 6.68. The van der Waals surface area contributed by atoms with Crippen molar-refractivity contribution in [2.24, 2.45) is 5.92 Å². The lowest BCUT2D eigenvalue weighted by atomic mass is 9.95. The molecule has 0 fully saturated rings. The van der Waals surface area contributed by atoms with Gasteiger partial charge >= 0.3 is 0 Å². The van der Waals surface area contributed by atoms with Crippen LogP contribution >= 0.6 is 0 Å². The Balaban J connectivity index is 1.77. The minimum Gasteiger partial charge on any atom is -0.497 e. The lowest BCUT2D eigenvalue weighted by molar-refractivity contribution is 0.171. The molecular weight excluding hydrogens is 330 g/mol. The highest BCUT2D eigenvalue weighted by Gasteiger charge is 2.20. The molecule has 0 spiro atoms. The topological polar surface area (TPSA) is 49.0 Å². The molecule has 1 N–H and O–H groups in total. The van der Waals surface area contributed by atoms with Crippen LogP contribution in [-0.4, -0.2) is 27.4 Å². The molecule has 0 saturated heterocycles. The lowest BCUT2D eigenvalue weighted by Crippen LogP contribution is -2.26. The van der Waals surface area contributed by atoms with Crippen LogP contribution in [0.15, 0.2) is 36.4 Å². The standard InChI is InChI=1S/C21H27NO4/c1-14(2)21(15-6-8-18-20(11-15)26-10-9-25-18)22-13-16-5-7-17(23-3)12-19(16)24-4/h5-8,11-12,14,21-22H,9-10,13H2,1-4H3. The zero-order valence-electron chi connectivity index (χ0n) is 15.9. The van der Waals surface area contributed by atoms with Crippen LogP contribution in [0.4, 0.5) is 0 Å². The van der Waals surface area contributed by atoms with E-state index in [1.54, 1.807) is 14.2 Å². The number of ether oxygens (including phenoxy) is 4. The van der Waals surface area contributed by atoms with Crippen molar-refractivity contribution in [3.8, 4) is 23.0 Å². The Morgan fingerprint density at radius 2 is 1.73 bits per heavy atom. The Labute approximate surface area is 155 Å². The third-order valence-electron chi connectivity index (χ3n) is 4.60. The van der Waals surface area contributed by atoms with E-state index in [4.69, 9.17) is 18.9 Å². The fourth-order valence-electron chi connectivity index (χ4n) is 3.21. The van der Waals surface area contributed by atoms with Gasteiger partial charge in [0.25, 0.3) is 0 Å². The molecule has 140 valence electrons. The van der Waals surface area contributed by atoms with Gasteiger partial charge in [-0.25, -0.2) is 0 Å². The molecule has 2 aromatic carbocycles. The molecule has 3 rings (SSSR count). The first-order valence-electron chi connectivity index (χ1n) is 8.96.